The molecule has 4 aromatic rings. The molecular formula is C26H19F3O. The Morgan fingerprint density at radius 1 is 0.567 bits per heavy atom. The number of hydrogen-bond acceptors (Lipinski definition) is 1. The van der Waals surface area contributed by atoms with Crippen LogP contribution >= 0.6 is 0 Å². The molecule has 0 heterocycles. The number of rotatable bonds is 5. The maximum Gasteiger partial charge on any atom is 0.201 e. The van der Waals surface area contributed by atoms with E-state index in [9.17, 15) is 13.2 Å². The van der Waals surface area contributed by atoms with Crippen molar-refractivity contribution in [3.05, 3.63) is 102 Å². The fraction of sp³-hybridized carbons (Fsp3) is 0.0769. The van der Waals surface area contributed by atoms with E-state index in [1.807, 2.05) is 36.4 Å². The first-order valence-corrected chi connectivity index (χ1v) is 9.65. The van der Waals surface area contributed by atoms with Gasteiger partial charge in [0.05, 0.1) is 6.61 Å². The van der Waals surface area contributed by atoms with Crippen LogP contribution in [0.4, 0.5) is 13.2 Å². The monoisotopic (exact) mass is 404 g/mol. The van der Waals surface area contributed by atoms with Gasteiger partial charge in [0.2, 0.25) is 5.82 Å². The summed E-state index contributed by atoms with van der Waals surface area (Å²) in [7, 11) is 0. The molecule has 150 valence electrons. The zero-order valence-corrected chi connectivity index (χ0v) is 16.3. The van der Waals surface area contributed by atoms with Crippen molar-refractivity contribution in [1.29, 1.82) is 0 Å². The fourth-order valence-electron chi connectivity index (χ4n) is 3.40. The predicted octanol–water partition coefficient (Wildman–Crippen LogP) is 7.50. The van der Waals surface area contributed by atoms with Crippen LogP contribution in [0.5, 0.6) is 5.75 Å². The average Bonchev–Trinajstić information content (AvgIpc) is 2.78. The van der Waals surface area contributed by atoms with Crippen LogP contribution in [0.25, 0.3) is 33.4 Å². The van der Waals surface area contributed by atoms with Gasteiger partial charge in [-0.3, -0.25) is 0 Å². The van der Waals surface area contributed by atoms with Gasteiger partial charge in [-0.05, 0) is 47.4 Å². The van der Waals surface area contributed by atoms with Gasteiger partial charge in [0, 0.05) is 11.1 Å². The number of benzene rings is 4. The SMILES string of the molecule is CCOc1ccc(-c2ccc(-c3ccc(-c4ccccc4F)cc3)cc2)c(F)c1F. The molecule has 0 unspecified atom stereocenters. The van der Waals surface area contributed by atoms with Crippen LogP contribution < -0.4 is 4.74 Å². The Morgan fingerprint density at radius 3 is 1.67 bits per heavy atom. The lowest BCUT2D eigenvalue weighted by Crippen LogP contribution is -1.98. The van der Waals surface area contributed by atoms with E-state index in [1.54, 1.807) is 37.3 Å². The normalized spacial score (nSPS) is 10.8. The molecule has 1 nitrogen and oxygen atoms in total. The second-order valence-electron chi connectivity index (χ2n) is 6.81. The molecule has 0 aliphatic rings. The summed E-state index contributed by atoms with van der Waals surface area (Å²) in [6.45, 7) is 1.98. The zero-order valence-electron chi connectivity index (χ0n) is 16.3. The minimum Gasteiger partial charge on any atom is -0.491 e. The average molecular weight is 404 g/mol. The highest BCUT2D eigenvalue weighted by atomic mass is 19.2. The van der Waals surface area contributed by atoms with Gasteiger partial charge in [0.1, 0.15) is 5.82 Å². The van der Waals surface area contributed by atoms with Crippen LogP contribution in [-0.2, 0) is 0 Å². The lowest BCUT2D eigenvalue weighted by Gasteiger charge is -2.10. The molecule has 0 saturated heterocycles. The summed E-state index contributed by atoms with van der Waals surface area (Å²) in [6, 6.07) is 24.3. The van der Waals surface area contributed by atoms with Crippen molar-refractivity contribution < 1.29 is 17.9 Å². The third-order valence-electron chi connectivity index (χ3n) is 4.95. The first-order chi connectivity index (χ1) is 14.6. The first-order valence-electron chi connectivity index (χ1n) is 9.65. The molecule has 4 aromatic carbocycles. The number of halogens is 3. The molecule has 0 N–H and O–H groups in total. The van der Waals surface area contributed by atoms with E-state index in [0.717, 1.165) is 16.7 Å². The van der Waals surface area contributed by atoms with Gasteiger partial charge in [-0.2, -0.15) is 4.39 Å². The third-order valence-corrected chi connectivity index (χ3v) is 4.95. The third kappa shape index (κ3) is 3.81. The summed E-state index contributed by atoms with van der Waals surface area (Å²) >= 11 is 0. The summed E-state index contributed by atoms with van der Waals surface area (Å²) in [5.74, 6) is -2.27. The highest BCUT2D eigenvalue weighted by Crippen LogP contribution is 2.32. The maximum absolute atomic E-state index is 14.4. The Bertz CT molecular complexity index is 1170. The minimum absolute atomic E-state index is 0.0923. The first kappa shape index (κ1) is 19.8. The van der Waals surface area contributed by atoms with Crippen molar-refractivity contribution in [3.63, 3.8) is 0 Å². The van der Waals surface area contributed by atoms with Gasteiger partial charge in [-0.25, -0.2) is 8.78 Å². The van der Waals surface area contributed by atoms with Gasteiger partial charge < -0.3 is 4.74 Å². The van der Waals surface area contributed by atoms with Crippen molar-refractivity contribution in [2.24, 2.45) is 0 Å². The van der Waals surface area contributed by atoms with Crippen LogP contribution in [0.15, 0.2) is 84.9 Å². The molecule has 0 amide bonds. The maximum atomic E-state index is 14.4. The van der Waals surface area contributed by atoms with Crippen molar-refractivity contribution in [3.8, 4) is 39.1 Å². The van der Waals surface area contributed by atoms with Gasteiger partial charge >= 0.3 is 0 Å². The van der Waals surface area contributed by atoms with Crippen molar-refractivity contribution in [1.82, 2.24) is 0 Å². The summed E-state index contributed by atoms with van der Waals surface area (Å²) in [6.07, 6.45) is 0. The van der Waals surface area contributed by atoms with E-state index >= 15 is 0 Å². The van der Waals surface area contributed by atoms with Crippen LogP contribution in [-0.4, -0.2) is 6.61 Å². The van der Waals surface area contributed by atoms with Crippen LogP contribution in [0.1, 0.15) is 6.92 Å². The van der Waals surface area contributed by atoms with Crippen molar-refractivity contribution in [2.45, 2.75) is 6.92 Å². The van der Waals surface area contributed by atoms with Crippen molar-refractivity contribution >= 4 is 0 Å². The molecule has 0 aromatic heterocycles. The summed E-state index contributed by atoms with van der Waals surface area (Å²) in [4.78, 5) is 0. The zero-order chi connectivity index (χ0) is 21.1. The topological polar surface area (TPSA) is 9.23 Å². The lowest BCUT2D eigenvalue weighted by molar-refractivity contribution is 0.314. The van der Waals surface area contributed by atoms with E-state index in [0.29, 0.717) is 11.1 Å². The molecule has 0 aliphatic carbocycles. The Kier molecular flexibility index (Phi) is 5.57. The minimum atomic E-state index is -0.984. The Balaban J connectivity index is 1.60. The molecule has 4 heteroatoms. The van der Waals surface area contributed by atoms with E-state index in [-0.39, 0.29) is 23.7 Å². The molecule has 0 atom stereocenters. The highest BCUT2D eigenvalue weighted by molar-refractivity contribution is 5.73. The van der Waals surface area contributed by atoms with Gasteiger partial charge in [0.25, 0.3) is 0 Å². The smallest absolute Gasteiger partial charge is 0.201 e. The Hall–Kier alpha value is -3.53. The van der Waals surface area contributed by atoms with Crippen LogP contribution in [0.2, 0.25) is 0 Å². The summed E-state index contributed by atoms with van der Waals surface area (Å²) < 4.78 is 47.7. The standard InChI is InChI=1S/C26H19F3O/c1-2-30-24-16-15-22(25(28)26(24)29)20-13-9-18(10-14-20)17-7-11-19(12-8-17)21-5-3-4-6-23(21)27/h3-16H,2H2,1H3. The molecule has 0 radical (unpaired) electrons. The molecule has 0 bridgehead atoms. The Morgan fingerprint density at radius 2 is 1.10 bits per heavy atom. The number of ether oxygens (including phenoxy) is 1. The second-order valence-corrected chi connectivity index (χ2v) is 6.81. The molecular weight excluding hydrogens is 385 g/mol. The molecule has 0 fully saturated rings. The quantitative estimate of drug-likeness (QED) is 0.335. The molecule has 30 heavy (non-hydrogen) atoms. The van der Waals surface area contributed by atoms with Crippen molar-refractivity contribution in [2.75, 3.05) is 6.61 Å². The van der Waals surface area contributed by atoms with Gasteiger partial charge in [-0.15, -0.1) is 0 Å². The highest BCUT2D eigenvalue weighted by Gasteiger charge is 2.15. The summed E-state index contributed by atoms with van der Waals surface area (Å²) in [5, 5.41) is 0. The number of hydrogen-bond donors (Lipinski definition) is 0. The molecule has 0 saturated carbocycles. The van der Waals surface area contributed by atoms with Gasteiger partial charge in [0.15, 0.2) is 11.6 Å². The second kappa shape index (κ2) is 8.46. The van der Waals surface area contributed by atoms with E-state index in [1.165, 1.54) is 18.2 Å². The molecule has 0 aliphatic heterocycles. The van der Waals surface area contributed by atoms with E-state index in [2.05, 4.69) is 0 Å². The molecule has 0 spiro atoms. The van der Waals surface area contributed by atoms with Crippen LogP contribution in [0, 0.1) is 17.5 Å². The van der Waals surface area contributed by atoms with E-state index in [4.69, 9.17) is 4.74 Å². The predicted molar refractivity (Wildman–Crippen MR) is 114 cm³/mol. The van der Waals surface area contributed by atoms with Gasteiger partial charge in [-0.1, -0.05) is 66.7 Å². The summed E-state index contributed by atoms with van der Waals surface area (Å²) in [5.41, 5.74) is 3.96. The fourth-order valence-corrected chi connectivity index (χ4v) is 3.40. The van der Waals surface area contributed by atoms with Crippen LogP contribution in [0.3, 0.4) is 0 Å². The Labute approximate surface area is 173 Å². The lowest BCUT2D eigenvalue weighted by atomic mass is 9.97. The largest absolute Gasteiger partial charge is 0.491 e. The molecule has 4 rings (SSSR count). The van der Waals surface area contributed by atoms with E-state index < -0.39 is 11.6 Å².